The molecule has 4 aromatic rings. The van der Waals surface area contributed by atoms with Crippen LogP contribution in [0.2, 0.25) is 0 Å². The van der Waals surface area contributed by atoms with Crippen molar-refractivity contribution in [2.24, 2.45) is 0 Å². The van der Waals surface area contributed by atoms with E-state index in [1.54, 1.807) is 0 Å². The van der Waals surface area contributed by atoms with Crippen LogP contribution >= 0.6 is 0 Å². The number of nitrogens with zero attached hydrogens (tertiary/aromatic N) is 2. The van der Waals surface area contributed by atoms with E-state index in [0.717, 1.165) is 11.3 Å². The molecule has 5 nitrogen and oxygen atoms in total. The fourth-order valence-electron chi connectivity index (χ4n) is 4.27. The Hall–Kier alpha value is -4.12. The van der Waals surface area contributed by atoms with Gasteiger partial charge in [-0.25, -0.2) is 9.48 Å². The summed E-state index contributed by atoms with van der Waals surface area (Å²) in [4.78, 5) is 12.2. The van der Waals surface area contributed by atoms with Crippen LogP contribution in [0.25, 0.3) is 22.9 Å². The molecule has 33 heavy (non-hydrogen) atoms. The first-order chi connectivity index (χ1) is 16.3. The maximum absolute atomic E-state index is 12.2. The molecule has 164 valence electrons. The second-order valence-corrected chi connectivity index (χ2v) is 8.00. The molecule has 0 spiro atoms. The van der Waals surface area contributed by atoms with E-state index in [-0.39, 0.29) is 12.0 Å². The van der Waals surface area contributed by atoms with Crippen molar-refractivity contribution in [3.8, 4) is 16.8 Å². The minimum Gasteiger partial charge on any atom is -0.449 e. The van der Waals surface area contributed by atoms with Crippen LogP contribution in [0.5, 0.6) is 0 Å². The summed E-state index contributed by atoms with van der Waals surface area (Å²) in [6, 6.07) is 26.6. The molecule has 1 aliphatic carbocycles. The molecule has 1 N–H and O–H groups in total. The molecule has 0 fully saturated rings. The van der Waals surface area contributed by atoms with Crippen LogP contribution in [0.3, 0.4) is 0 Å². The number of aromatic nitrogens is 2. The summed E-state index contributed by atoms with van der Waals surface area (Å²) in [5.74, 6) is 0.0733. The van der Waals surface area contributed by atoms with Crippen LogP contribution in [-0.2, 0) is 4.74 Å². The Morgan fingerprint density at radius 3 is 2.33 bits per heavy atom. The zero-order chi connectivity index (χ0) is 22.5. The lowest BCUT2D eigenvalue weighted by atomic mass is 9.98. The van der Waals surface area contributed by atoms with Gasteiger partial charge in [0.25, 0.3) is 0 Å². The first kappa shape index (κ1) is 20.8. The monoisotopic (exact) mass is 435 g/mol. The van der Waals surface area contributed by atoms with Gasteiger partial charge >= 0.3 is 6.09 Å². The molecule has 0 aliphatic heterocycles. The minimum absolute atomic E-state index is 0.0733. The molecule has 0 bridgehead atoms. The van der Waals surface area contributed by atoms with Gasteiger partial charge in [-0.2, -0.15) is 5.10 Å². The second kappa shape index (κ2) is 9.57. The first-order valence-corrected chi connectivity index (χ1v) is 11.1. The van der Waals surface area contributed by atoms with Crippen molar-refractivity contribution in [2.75, 3.05) is 13.2 Å². The number of ether oxygens (including phenoxy) is 1. The summed E-state index contributed by atoms with van der Waals surface area (Å²) in [5, 5.41) is 7.22. The number of nitrogens with one attached hydrogen (secondary N) is 1. The molecular weight excluding hydrogens is 410 g/mol. The number of fused-ring (bicyclic) bond motifs is 3. The Kier molecular flexibility index (Phi) is 6.02. The predicted octanol–water partition coefficient (Wildman–Crippen LogP) is 5.81. The van der Waals surface area contributed by atoms with Crippen molar-refractivity contribution in [1.29, 1.82) is 0 Å². The zero-order valence-electron chi connectivity index (χ0n) is 18.2. The normalized spacial score (nSPS) is 12.5. The lowest BCUT2D eigenvalue weighted by Gasteiger charge is -2.14. The quantitative estimate of drug-likeness (QED) is 0.373. The highest BCUT2D eigenvalue weighted by Gasteiger charge is 2.28. The van der Waals surface area contributed by atoms with Gasteiger partial charge in [0, 0.05) is 24.2 Å². The van der Waals surface area contributed by atoms with E-state index in [9.17, 15) is 4.79 Å². The third-order valence-electron chi connectivity index (χ3n) is 5.86. The van der Waals surface area contributed by atoms with Crippen molar-refractivity contribution in [1.82, 2.24) is 15.1 Å². The number of para-hydroxylation sites is 1. The Morgan fingerprint density at radius 2 is 1.61 bits per heavy atom. The summed E-state index contributed by atoms with van der Waals surface area (Å²) in [5.41, 5.74) is 6.91. The molecule has 1 amide bonds. The number of hydrogen-bond acceptors (Lipinski definition) is 3. The highest BCUT2D eigenvalue weighted by Crippen LogP contribution is 2.44. The molecule has 0 radical (unpaired) electrons. The number of rotatable bonds is 7. The molecule has 1 aromatic heterocycles. The smallest absolute Gasteiger partial charge is 0.407 e. The van der Waals surface area contributed by atoms with Crippen molar-refractivity contribution in [3.05, 3.63) is 114 Å². The van der Waals surface area contributed by atoms with Crippen molar-refractivity contribution >= 4 is 12.2 Å². The fourth-order valence-corrected chi connectivity index (χ4v) is 4.27. The van der Waals surface area contributed by atoms with Gasteiger partial charge in [0.1, 0.15) is 6.61 Å². The average molecular weight is 436 g/mol. The summed E-state index contributed by atoms with van der Waals surface area (Å²) in [6.07, 6.45) is 8.15. The van der Waals surface area contributed by atoms with E-state index < -0.39 is 0 Å². The zero-order valence-corrected chi connectivity index (χ0v) is 18.2. The predicted molar refractivity (Wildman–Crippen MR) is 130 cm³/mol. The van der Waals surface area contributed by atoms with Gasteiger partial charge in [0.15, 0.2) is 0 Å². The summed E-state index contributed by atoms with van der Waals surface area (Å²) in [6.45, 7) is 0.842. The lowest BCUT2D eigenvalue weighted by molar-refractivity contribution is 0.143. The molecule has 0 saturated carbocycles. The van der Waals surface area contributed by atoms with Gasteiger partial charge in [-0.3, -0.25) is 0 Å². The van der Waals surface area contributed by atoms with E-state index in [4.69, 9.17) is 4.74 Å². The van der Waals surface area contributed by atoms with Gasteiger partial charge in [-0.15, -0.1) is 0 Å². The Balaban J connectivity index is 1.10. The number of benzene rings is 3. The van der Waals surface area contributed by atoms with Crippen LogP contribution in [-0.4, -0.2) is 29.0 Å². The third kappa shape index (κ3) is 4.58. The van der Waals surface area contributed by atoms with E-state index >= 15 is 0 Å². The Bertz CT molecular complexity index is 1230. The van der Waals surface area contributed by atoms with Gasteiger partial charge in [-0.05, 0) is 40.8 Å². The van der Waals surface area contributed by atoms with Gasteiger partial charge in [-0.1, -0.05) is 78.9 Å². The van der Waals surface area contributed by atoms with Crippen molar-refractivity contribution in [3.63, 3.8) is 0 Å². The molecule has 0 unspecified atom stereocenters. The summed E-state index contributed by atoms with van der Waals surface area (Å²) >= 11 is 0. The summed E-state index contributed by atoms with van der Waals surface area (Å²) < 4.78 is 7.41. The molecule has 0 atom stereocenters. The molecule has 3 aromatic carbocycles. The van der Waals surface area contributed by atoms with E-state index in [1.165, 1.54) is 22.3 Å². The fraction of sp³-hybridized carbons (Fsp3) is 0.143. The highest BCUT2D eigenvalue weighted by atomic mass is 16.5. The minimum atomic E-state index is -0.387. The lowest BCUT2D eigenvalue weighted by Crippen LogP contribution is -2.26. The molecule has 5 rings (SSSR count). The van der Waals surface area contributed by atoms with E-state index in [0.29, 0.717) is 19.6 Å². The largest absolute Gasteiger partial charge is 0.449 e. The van der Waals surface area contributed by atoms with Crippen LogP contribution in [0.1, 0.15) is 29.0 Å². The van der Waals surface area contributed by atoms with Crippen LogP contribution in [0, 0.1) is 0 Å². The topological polar surface area (TPSA) is 56.2 Å². The standard InChI is InChI=1S/C28H25N3O2/c32-28(29-17-9-8-10-21-18-30-31(19-21)22-11-2-1-3-12-22)33-20-27-25-15-6-4-13-23(25)24-14-5-7-16-26(24)27/h1-8,10-16,18-19,27H,9,17,20H2,(H,29,32). The van der Waals surface area contributed by atoms with Crippen molar-refractivity contribution < 1.29 is 9.53 Å². The van der Waals surface area contributed by atoms with Crippen LogP contribution < -0.4 is 5.32 Å². The maximum atomic E-state index is 12.2. The number of carbonyl (C=O) groups is 1. The average Bonchev–Trinajstić information content (AvgIpc) is 3.46. The molecule has 1 heterocycles. The highest BCUT2D eigenvalue weighted by molar-refractivity contribution is 5.79. The number of hydrogen-bond donors (Lipinski definition) is 1. The van der Waals surface area contributed by atoms with Crippen LogP contribution in [0.15, 0.2) is 97.3 Å². The first-order valence-electron chi connectivity index (χ1n) is 11.1. The number of carbonyl (C=O) groups excluding carboxylic acids is 1. The Morgan fingerprint density at radius 1 is 0.939 bits per heavy atom. The molecule has 0 saturated heterocycles. The van der Waals surface area contributed by atoms with Gasteiger partial charge in [0.05, 0.1) is 11.9 Å². The van der Waals surface area contributed by atoms with Crippen LogP contribution in [0.4, 0.5) is 4.79 Å². The Labute approximate surface area is 193 Å². The maximum Gasteiger partial charge on any atom is 0.407 e. The molecule has 5 heteroatoms. The molecule has 1 aliphatic rings. The second-order valence-electron chi connectivity index (χ2n) is 8.00. The number of amides is 1. The van der Waals surface area contributed by atoms with E-state index in [2.05, 4.69) is 34.7 Å². The van der Waals surface area contributed by atoms with Gasteiger partial charge < -0.3 is 10.1 Å². The third-order valence-corrected chi connectivity index (χ3v) is 5.86. The van der Waals surface area contributed by atoms with Gasteiger partial charge in [0.2, 0.25) is 0 Å². The molecular formula is C28H25N3O2. The SMILES string of the molecule is O=C(NCCC=Cc1cnn(-c2ccccc2)c1)OCC1c2ccccc2-c2ccccc21. The van der Waals surface area contributed by atoms with Crippen molar-refractivity contribution in [2.45, 2.75) is 12.3 Å². The van der Waals surface area contributed by atoms with E-state index in [1.807, 2.05) is 83.8 Å². The summed E-state index contributed by atoms with van der Waals surface area (Å²) in [7, 11) is 0. The number of alkyl carbamates (subject to hydrolysis) is 1.